The monoisotopic (exact) mass is 622 g/mol. The Labute approximate surface area is 261 Å². The summed E-state index contributed by atoms with van der Waals surface area (Å²) in [6, 6.07) is 6.96. The third-order valence-corrected chi connectivity index (χ3v) is 7.41. The molecule has 2 aromatic heterocycles. The third-order valence-electron chi connectivity index (χ3n) is 7.41. The van der Waals surface area contributed by atoms with Gasteiger partial charge in [-0.05, 0) is 65.8 Å². The van der Waals surface area contributed by atoms with E-state index in [1.807, 2.05) is 46.8 Å². The predicted octanol–water partition coefficient (Wildman–Crippen LogP) is 5.32. The van der Waals surface area contributed by atoms with Crippen LogP contribution >= 0.6 is 0 Å². The molecule has 1 aliphatic heterocycles. The molecule has 1 fully saturated rings. The number of methoxy groups -OCH3 is 1. The highest BCUT2D eigenvalue weighted by Crippen LogP contribution is 2.37. The highest BCUT2D eigenvalue weighted by molar-refractivity contribution is 6.03. The lowest BCUT2D eigenvalue weighted by Gasteiger charge is -2.45. The Morgan fingerprint density at radius 3 is 2.44 bits per heavy atom. The standard InChI is InChI=1S/C32H39FN6O6/c1-9-43-30(40)27-22-13-21(38-14-18(2)39(19(3)15-38)31(41)45-32(4,5)6)10-11-24(22)34-29(35-27)23-12-20-16-37(7)36-26(20)25(33)28(23)44-17-42-8/h10-13,16,18-19H,9,14-15,17H2,1-8H3/t18-,19+. The van der Waals surface area contributed by atoms with Gasteiger partial charge in [-0.25, -0.2) is 23.9 Å². The molecular formula is C32H39FN6O6. The first-order valence-corrected chi connectivity index (χ1v) is 14.8. The normalized spacial score (nSPS) is 17.2. The fourth-order valence-corrected chi connectivity index (χ4v) is 5.65. The number of amides is 1. The Morgan fingerprint density at radius 1 is 1.09 bits per heavy atom. The first kappa shape index (κ1) is 31.9. The van der Waals surface area contributed by atoms with E-state index in [9.17, 15) is 9.59 Å². The summed E-state index contributed by atoms with van der Waals surface area (Å²) in [5.41, 5.74) is 1.10. The van der Waals surface area contributed by atoms with Crippen LogP contribution in [0.2, 0.25) is 0 Å². The maximum atomic E-state index is 15.7. The summed E-state index contributed by atoms with van der Waals surface area (Å²) in [6.45, 7) is 12.2. The molecule has 0 aliphatic carbocycles. The Bertz CT molecular complexity index is 1740. The van der Waals surface area contributed by atoms with Crippen molar-refractivity contribution in [2.75, 3.05) is 38.5 Å². The van der Waals surface area contributed by atoms with Gasteiger partial charge in [-0.15, -0.1) is 0 Å². The average Bonchev–Trinajstić information content (AvgIpc) is 3.35. The van der Waals surface area contributed by atoms with Crippen LogP contribution in [0.3, 0.4) is 0 Å². The van der Waals surface area contributed by atoms with Crippen LogP contribution in [0.5, 0.6) is 5.75 Å². The zero-order valence-corrected chi connectivity index (χ0v) is 26.9. The van der Waals surface area contributed by atoms with Gasteiger partial charge in [0.25, 0.3) is 0 Å². The topological polar surface area (TPSA) is 121 Å². The molecule has 0 N–H and O–H groups in total. The van der Waals surface area contributed by atoms with Crippen molar-refractivity contribution in [3.63, 3.8) is 0 Å². The van der Waals surface area contributed by atoms with Gasteiger partial charge in [-0.1, -0.05) is 0 Å². The van der Waals surface area contributed by atoms with Crippen LogP contribution in [0, 0.1) is 5.82 Å². The molecule has 0 spiro atoms. The first-order valence-electron chi connectivity index (χ1n) is 14.8. The fraction of sp³-hybridized carbons (Fsp3) is 0.469. The number of aryl methyl sites for hydroxylation is 1. The summed E-state index contributed by atoms with van der Waals surface area (Å²) >= 11 is 0. The predicted molar refractivity (Wildman–Crippen MR) is 167 cm³/mol. The largest absolute Gasteiger partial charge is 0.464 e. The van der Waals surface area contributed by atoms with Gasteiger partial charge in [0.1, 0.15) is 11.1 Å². The second-order valence-corrected chi connectivity index (χ2v) is 12.2. The van der Waals surface area contributed by atoms with E-state index in [-0.39, 0.29) is 59.9 Å². The zero-order valence-electron chi connectivity index (χ0n) is 26.9. The fourth-order valence-electron chi connectivity index (χ4n) is 5.65. The molecule has 0 radical (unpaired) electrons. The van der Waals surface area contributed by atoms with E-state index >= 15 is 4.39 Å². The first-order chi connectivity index (χ1) is 21.3. The van der Waals surface area contributed by atoms with Crippen molar-refractivity contribution in [3.8, 4) is 17.1 Å². The molecule has 1 aliphatic rings. The molecule has 5 rings (SSSR count). The molecular weight excluding hydrogens is 583 g/mol. The lowest BCUT2D eigenvalue weighted by atomic mass is 10.1. The van der Waals surface area contributed by atoms with E-state index < -0.39 is 17.4 Å². The third kappa shape index (κ3) is 6.48. The molecule has 3 heterocycles. The quantitative estimate of drug-likeness (QED) is 0.198. The van der Waals surface area contributed by atoms with Gasteiger partial charge >= 0.3 is 12.1 Å². The van der Waals surface area contributed by atoms with Crippen LogP contribution in [-0.4, -0.2) is 88.0 Å². The van der Waals surface area contributed by atoms with Crippen molar-refractivity contribution < 1.29 is 32.9 Å². The second kappa shape index (κ2) is 12.5. The van der Waals surface area contributed by atoms with Gasteiger partial charge in [0.2, 0.25) is 0 Å². The number of ether oxygens (including phenoxy) is 4. The van der Waals surface area contributed by atoms with Gasteiger partial charge in [0.15, 0.2) is 29.9 Å². The number of esters is 1. The van der Waals surface area contributed by atoms with E-state index in [2.05, 4.69) is 15.0 Å². The number of carbonyl (C=O) groups is 2. The Balaban J connectivity index is 1.57. The van der Waals surface area contributed by atoms with E-state index in [4.69, 9.17) is 23.9 Å². The number of rotatable bonds is 7. The van der Waals surface area contributed by atoms with Gasteiger partial charge in [0, 0.05) is 49.9 Å². The van der Waals surface area contributed by atoms with Gasteiger partial charge < -0.3 is 23.8 Å². The molecule has 1 amide bonds. The van der Waals surface area contributed by atoms with E-state index in [1.54, 1.807) is 37.2 Å². The highest BCUT2D eigenvalue weighted by atomic mass is 19.1. The molecule has 2 aromatic carbocycles. The second-order valence-electron chi connectivity index (χ2n) is 12.2. The van der Waals surface area contributed by atoms with E-state index in [0.717, 1.165) is 5.69 Å². The van der Waals surface area contributed by atoms with Crippen LogP contribution in [-0.2, 0) is 21.3 Å². The van der Waals surface area contributed by atoms with Crippen molar-refractivity contribution in [3.05, 3.63) is 42.0 Å². The number of hydrogen-bond donors (Lipinski definition) is 0. The molecule has 4 aromatic rings. The molecule has 0 bridgehead atoms. The van der Waals surface area contributed by atoms with Crippen LogP contribution in [0.15, 0.2) is 30.5 Å². The van der Waals surface area contributed by atoms with Crippen LogP contribution in [0.4, 0.5) is 14.9 Å². The van der Waals surface area contributed by atoms with Crippen molar-refractivity contribution in [1.29, 1.82) is 0 Å². The minimum atomic E-state index is -0.689. The lowest BCUT2D eigenvalue weighted by Crippen LogP contribution is -2.59. The molecule has 0 saturated carbocycles. The summed E-state index contributed by atoms with van der Waals surface area (Å²) in [6.07, 6.45) is 1.33. The van der Waals surface area contributed by atoms with Crippen molar-refractivity contribution in [2.24, 2.45) is 7.05 Å². The Morgan fingerprint density at radius 2 is 1.80 bits per heavy atom. The van der Waals surface area contributed by atoms with Gasteiger partial charge in [-0.3, -0.25) is 9.58 Å². The SMILES string of the molecule is CCOC(=O)c1nc(-c2cc3cn(C)nc3c(F)c2OCOC)nc2ccc(N3C[C@@H](C)N(C(=O)OC(C)(C)C)[C@@H](C)C3)cc12. The smallest absolute Gasteiger partial charge is 0.410 e. The number of hydrogen-bond acceptors (Lipinski definition) is 10. The molecule has 240 valence electrons. The summed E-state index contributed by atoms with van der Waals surface area (Å²) in [5.74, 6) is -1.38. The number of piperazine rings is 1. The number of anilines is 1. The number of halogens is 1. The molecule has 2 atom stereocenters. The van der Waals surface area contributed by atoms with Gasteiger partial charge in [0.05, 0.1) is 29.8 Å². The van der Waals surface area contributed by atoms with Crippen molar-refractivity contribution in [1.82, 2.24) is 24.6 Å². The summed E-state index contributed by atoms with van der Waals surface area (Å²) < 4.78 is 38.9. The molecule has 1 saturated heterocycles. The summed E-state index contributed by atoms with van der Waals surface area (Å²) in [7, 11) is 3.12. The van der Waals surface area contributed by atoms with E-state index in [0.29, 0.717) is 29.4 Å². The Hall–Kier alpha value is -4.52. The van der Waals surface area contributed by atoms with Crippen LogP contribution < -0.4 is 9.64 Å². The van der Waals surface area contributed by atoms with Gasteiger partial charge in [-0.2, -0.15) is 5.10 Å². The molecule has 12 nitrogen and oxygen atoms in total. The number of fused-ring (bicyclic) bond motifs is 2. The number of carbonyl (C=O) groups excluding carboxylic acids is 2. The van der Waals surface area contributed by atoms with Crippen molar-refractivity contribution in [2.45, 2.75) is 59.2 Å². The van der Waals surface area contributed by atoms with Crippen LogP contribution in [0.25, 0.3) is 33.2 Å². The number of aromatic nitrogens is 4. The minimum absolute atomic E-state index is 0.0385. The number of nitrogens with zero attached hydrogens (tertiary/aromatic N) is 6. The van der Waals surface area contributed by atoms with Crippen molar-refractivity contribution >= 4 is 39.6 Å². The maximum absolute atomic E-state index is 15.7. The minimum Gasteiger partial charge on any atom is -0.464 e. The lowest BCUT2D eigenvalue weighted by molar-refractivity contribution is 0.00563. The zero-order chi connectivity index (χ0) is 32.6. The average molecular weight is 623 g/mol. The molecule has 13 heteroatoms. The van der Waals surface area contributed by atoms with E-state index in [1.165, 1.54) is 11.8 Å². The molecule has 45 heavy (non-hydrogen) atoms. The van der Waals surface area contributed by atoms with Crippen LogP contribution in [0.1, 0.15) is 52.0 Å². The summed E-state index contributed by atoms with van der Waals surface area (Å²) in [4.78, 5) is 39.5. The number of benzene rings is 2. The maximum Gasteiger partial charge on any atom is 0.410 e. The highest BCUT2D eigenvalue weighted by Gasteiger charge is 2.36. The Kier molecular flexibility index (Phi) is 8.83. The summed E-state index contributed by atoms with van der Waals surface area (Å²) in [5, 5.41) is 5.20. The molecule has 0 unspecified atom stereocenters.